The van der Waals surface area contributed by atoms with Crippen molar-refractivity contribution in [2.24, 2.45) is 23.7 Å². The molecular formula is C26H47N. The molecule has 0 aromatic rings. The Morgan fingerprint density at radius 3 is 1.30 bits per heavy atom. The molecule has 1 nitrogen and oxygen atoms in total. The fourth-order valence-electron chi connectivity index (χ4n) is 7.44. The lowest BCUT2D eigenvalue weighted by atomic mass is 9.70. The zero-order chi connectivity index (χ0) is 18.6. The van der Waals surface area contributed by atoms with Crippen LogP contribution in [0.25, 0.3) is 0 Å². The Morgan fingerprint density at radius 1 is 0.407 bits per heavy atom. The monoisotopic (exact) mass is 373 g/mol. The van der Waals surface area contributed by atoms with E-state index in [1.807, 2.05) is 0 Å². The molecule has 0 unspecified atom stereocenters. The molecule has 0 aromatic carbocycles. The van der Waals surface area contributed by atoms with Gasteiger partial charge in [-0.15, -0.1) is 0 Å². The first-order valence-corrected chi connectivity index (χ1v) is 13.0. The van der Waals surface area contributed by atoms with Gasteiger partial charge in [0.2, 0.25) is 0 Å². The highest BCUT2D eigenvalue weighted by Gasteiger charge is 2.38. The van der Waals surface area contributed by atoms with Crippen LogP contribution in [-0.2, 0) is 0 Å². The van der Waals surface area contributed by atoms with Crippen LogP contribution in [-0.4, -0.2) is 23.0 Å². The molecule has 0 spiro atoms. The lowest BCUT2D eigenvalue weighted by molar-refractivity contribution is 0.00387. The maximum Gasteiger partial charge on any atom is 0.0101 e. The number of hydrogen-bond acceptors (Lipinski definition) is 1. The summed E-state index contributed by atoms with van der Waals surface area (Å²) >= 11 is 0. The van der Waals surface area contributed by atoms with Gasteiger partial charge in [-0.2, -0.15) is 0 Å². The van der Waals surface area contributed by atoms with E-state index in [-0.39, 0.29) is 0 Å². The SMILES string of the molecule is CC1CCC(C2CCC(N(C3CCCCC3)C3CCC(C)CC3)CC2)CC1. The summed E-state index contributed by atoms with van der Waals surface area (Å²) in [5.74, 6) is 4.15. The fourth-order valence-corrected chi connectivity index (χ4v) is 7.44. The summed E-state index contributed by atoms with van der Waals surface area (Å²) in [5.41, 5.74) is 0. The zero-order valence-electron chi connectivity index (χ0n) is 18.5. The van der Waals surface area contributed by atoms with Gasteiger partial charge < -0.3 is 0 Å². The molecule has 4 aliphatic rings. The Labute approximate surface area is 170 Å². The summed E-state index contributed by atoms with van der Waals surface area (Å²) in [7, 11) is 0. The van der Waals surface area contributed by atoms with Crippen LogP contribution in [0, 0.1) is 23.7 Å². The molecule has 4 fully saturated rings. The van der Waals surface area contributed by atoms with Crippen LogP contribution in [0.2, 0.25) is 0 Å². The van der Waals surface area contributed by atoms with Crippen LogP contribution < -0.4 is 0 Å². The van der Waals surface area contributed by atoms with Crippen molar-refractivity contribution in [2.45, 2.75) is 141 Å². The third-order valence-electron chi connectivity index (χ3n) is 9.29. The fraction of sp³-hybridized carbons (Fsp3) is 1.00. The Morgan fingerprint density at radius 2 is 0.778 bits per heavy atom. The van der Waals surface area contributed by atoms with Crippen LogP contribution in [0.1, 0.15) is 123 Å². The van der Waals surface area contributed by atoms with Crippen molar-refractivity contribution in [3.63, 3.8) is 0 Å². The largest absolute Gasteiger partial charge is 0.294 e. The van der Waals surface area contributed by atoms with Gasteiger partial charge in [-0.05, 0) is 101 Å². The van der Waals surface area contributed by atoms with E-state index < -0.39 is 0 Å². The van der Waals surface area contributed by atoms with Crippen LogP contribution in [0.5, 0.6) is 0 Å². The average molecular weight is 374 g/mol. The first kappa shape index (κ1) is 20.2. The molecular weight excluding hydrogens is 326 g/mol. The third-order valence-corrected chi connectivity index (χ3v) is 9.29. The van der Waals surface area contributed by atoms with Gasteiger partial charge in [-0.3, -0.25) is 4.90 Å². The lowest BCUT2D eigenvalue weighted by Gasteiger charge is -2.49. The van der Waals surface area contributed by atoms with Crippen molar-refractivity contribution in [3.8, 4) is 0 Å². The molecule has 0 amide bonds. The summed E-state index contributed by atoms with van der Waals surface area (Å²) in [6.07, 6.45) is 25.8. The molecule has 0 radical (unpaired) electrons. The molecule has 0 bridgehead atoms. The third kappa shape index (κ3) is 5.12. The number of hydrogen-bond donors (Lipinski definition) is 0. The quantitative estimate of drug-likeness (QED) is 0.490. The van der Waals surface area contributed by atoms with Gasteiger partial charge in [-0.1, -0.05) is 46.0 Å². The highest BCUT2D eigenvalue weighted by atomic mass is 15.2. The second-order valence-electron chi connectivity index (χ2n) is 11.2. The van der Waals surface area contributed by atoms with Gasteiger partial charge in [0.05, 0.1) is 0 Å². The first-order valence-electron chi connectivity index (χ1n) is 13.0. The molecule has 1 heteroatoms. The van der Waals surface area contributed by atoms with Crippen LogP contribution in [0.3, 0.4) is 0 Å². The Kier molecular flexibility index (Phi) is 7.23. The van der Waals surface area contributed by atoms with Crippen molar-refractivity contribution in [2.75, 3.05) is 0 Å². The summed E-state index contributed by atoms with van der Waals surface area (Å²) < 4.78 is 0. The van der Waals surface area contributed by atoms with Crippen LogP contribution in [0.15, 0.2) is 0 Å². The van der Waals surface area contributed by atoms with Crippen molar-refractivity contribution < 1.29 is 0 Å². The van der Waals surface area contributed by atoms with E-state index >= 15 is 0 Å². The van der Waals surface area contributed by atoms with E-state index in [1.165, 1.54) is 83.5 Å². The van der Waals surface area contributed by atoms with Gasteiger partial charge in [0, 0.05) is 18.1 Å². The predicted molar refractivity (Wildman–Crippen MR) is 117 cm³/mol. The summed E-state index contributed by atoms with van der Waals surface area (Å²) in [6, 6.07) is 2.81. The van der Waals surface area contributed by atoms with E-state index in [1.54, 1.807) is 25.7 Å². The molecule has 4 saturated carbocycles. The molecule has 0 N–H and O–H groups in total. The van der Waals surface area contributed by atoms with Crippen molar-refractivity contribution in [1.82, 2.24) is 4.90 Å². The Balaban J connectivity index is 1.36. The van der Waals surface area contributed by atoms with Gasteiger partial charge in [0.1, 0.15) is 0 Å². The van der Waals surface area contributed by atoms with E-state index in [9.17, 15) is 0 Å². The smallest absolute Gasteiger partial charge is 0.0101 e. The lowest BCUT2D eigenvalue weighted by Crippen LogP contribution is -2.52. The van der Waals surface area contributed by atoms with Crippen molar-refractivity contribution in [1.29, 1.82) is 0 Å². The topological polar surface area (TPSA) is 3.24 Å². The van der Waals surface area contributed by atoms with Crippen LogP contribution in [0.4, 0.5) is 0 Å². The molecule has 0 saturated heterocycles. The average Bonchev–Trinajstić information content (AvgIpc) is 2.72. The van der Waals surface area contributed by atoms with E-state index in [4.69, 9.17) is 0 Å². The van der Waals surface area contributed by atoms with Crippen molar-refractivity contribution >= 4 is 0 Å². The normalized spacial score (nSPS) is 42.3. The van der Waals surface area contributed by atoms with Crippen molar-refractivity contribution in [3.05, 3.63) is 0 Å². The summed E-state index contributed by atoms with van der Waals surface area (Å²) in [6.45, 7) is 4.96. The predicted octanol–water partition coefficient (Wildman–Crippen LogP) is 7.58. The maximum absolute atomic E-state index is 3.16. The Bertz CT molecular complexity index is 415. The Hall–Kier alpha value is -0.0400. The van der Waals surface area contributed by atoms with Gasteiger partial charge in [0.15, 0.2) is 0 Å². The number of nitrogens with zero attached hydrogens (tertiary/aromatic N) is 1. The van der Waals surface area contributed by atoms with Crippen LogP contribution >= 0.6 is 0 Å². The zero-order valence-corrected chi connectivity index (χ0v) is 18.5. The molecule has 0 aromatic heterocycles. The molecule has 0 atom stereocenters. The molecule has 4 rings (SSSR count). The minimum absolute atomic E-state index is 0.932. The van der Waals surface area contributed by atoms with Gasteiger partial charge in [-0.25, -0.2) is 0 Å². The second-order valence-corrected chi connectivity index (χ2v) is 11.2. The molecule has 0 aliphatic heterocycles. The highest BCUT2D eigenvalue weighted by Crippen LogP contribution is 2.43. The van der Waals surface area contributed by atoms with Gasteiger partial charge in [0.25, 0.3) is 0 Å². The first-order chi connectivity index (χ1) is 13.2. The van der Waals surface area contributed by atoms with E-state index in [0.29, 0.717) is 0 Å². The molecule has 156 valence electrons. The van der Waals surface area contributed by atoms with E-state index in [0.717, 1.165) is 41.8 Å². The van der Waals surface area contributed by atoms with Gasteiger partial charge >= 0.3 is 0 Å². The standard InChI is InChI=1S/C26H47N/c1-20-8-12-22(13-9-20)23-14-18-26(19-15-23)27(24-6-4-3-5-7-24)25-16-10-21(2)11-17-25/h20-26H,3-19H2,1-2H3. The molecule has 0 heterocycles. The number of rotatable bonds is 4. The second kappa shape index (κ2) is 9.64. The summed E-state index contributed by atoms with van der Waals surface area (Å²) in [5, 5.41) is 0. The molecule has 27 heavy (non-hydrogen) atoms. The summed E-state index contributed by atoms with van der Waals surface area (Å²) in [4.78, 5) is 3.16. The minimum Gasteiger partial charge on any atom is -0.294 e. The highest BCUT2D eigenvalue weighted by molar-refractivity contribution is 4.92. The molecule has 4 aliphatic carbocycles. The maximum atomic E-state index is 3.16. The minimum atomic E-state index is 0.932. The van der Waals surface area contributed by atoms with E-state index in [2.05, 4.69) is 18.7 Å².